The molecule has 0 aliphatic carbocycles. The second-order valence-electron chi connectivity index (χ2n) is 5.69. The number of hydrogen-bond donors (Lipinski definition) is 0. The van der Waals surface area contributed by atoms with Crippen LogP contribution in [0.5, 0.6) is 0 Å². The number of carbonyl (C=O) groups excluding carboxylic acids is 2. The molecule has 0 atom stereocenters. The van der Waals surface area contributed by atoms with E-state index in [1.807, 2.05) is 24.3 Å². The van der Waals surface area contributed by atoms with Crippen LogP contribution in [0, 0.1) is 6.92 Å². The number of halogens is 1. The highest BCUT2D eigenvalue weighted by Crippen LogP contribution is 2.29. The van der Waals surface area contributed by atoms with Crippen LogP contribution < -0.4 is 5.01 Å². The molecule has 0 saturated carbocycles. The Kier molecular flexibility index (Phi) is 4.26. The zero-order valence-corrected chi connectivity index (χ0v) is 15.3. The normalized spacial score (nSPS) is 13.4. The fourth-order valence-electron chi connectivity index (χ4n) is 2.77. The van der Waals surface area contributed by atoms with Gasteiger partial charge in [0.2, 0.25) is 5.16 Å². The Morgan fingerprint density at radius 3 is 2.23 bits per heavy atom. The van der Waals surface area contributed by atoms with Gasteiger partial charge in [-0.2, -0.15) is 5.01 Å². The lowest BCUT2D eigenvalue weighted by atomic mass is 10.1. The van der Waals surface area contributed by atoms with Gasteiger partial charge in [0.05, 0.1) is 11.1 Å². The second kappa shape index (κ2) is 6.59. The zero-order valence-electron chi connectivity index (χ0n) is 13.7. The van der Waals surface area contributed by atoms with Crippen molar-refractivity contribution in [1.29, 1.82) is 0 Å². The van der Waals surface area contributed by atoms with E-state index in [2.05, 4.69) is 10.2 Å². The topological polar surface area (TPSA) is 68.1 Å². The lowest BCUT2D eigenvalue weighted by Crippen LogP contribution is -2.41. The van der Waals surface area contributed by atoms with Crippen molar-refractivity contribution in [2.75, 3.05) is 5.01 Å². The highest BCUT2D eigenvalue weighted by molar-refractivity contribution is 7.98. The van der Waals surface area contributed by atoms with Gasteiger partial charge in [0, 0.05) is 10.8 Å². The lowest BCUT2D eigenvalue weighted by molar-refractivity contribution is 0.0880. The summed E-state index contributed by atoms with van der Waals surface area (Å²) in [4.78, 5) is 25.5. The van der Waals surface area contributed by atoms with E-state index in [1.165, 1.54) is 16.4 Å². The number of benzene rings is 2. The summed E-state index contributed by atoms with van der Waals surface area (Å²) in [5.41, 5.74) is 1.70. The van der Waals surface area contributed by atoms with Crippen LogP contribution in [0.25, 0.3) is 0 Å². The molecule has 1 aromatic heterocycles. The zero-order chi connectivity index (χ0) is 18.3. The summed E-state index contributed by atoms with van der Waals surface area (Å²) < 4.78 is 1.46. The summed E-state index contributed by atoms with van der Waals surface area (Å²) in [7, 11) is 0. The first kappa shape index (κ1) is 16.8. The molecular weight excluding hydrogens is 372 g/mol. The van der Waals surface area contributed by atoms with Crippen LogP contribution in [0.2, 0.25) is 5.02 Å². The average molecular weight is 385 g/mol. The van der Waals surface area contributed by atoms with E-state index in [0.717, 1.165) is 10.6 Å². The van der Waals surface area contributed by atoms with Crippen LogP contribution in [0.15, 0.2) is 53.7 Å². The largest absolute Gasteiger partial charge is 0.281 e. The maximum absolute atomic E-state index is 12.7. The number of aromatic nitrogens is 3. The number of carbonyl (C=O) groups is 2. The molecule has 130 valence electrons. The first-order valence-corrected chi connectivity index (χ1v) is 9.20. The molecule has 2 aromatic carbocycles. The lowest BCUT2D eigenvalue weighted by Gasteiger charge is -2.18. The molecule has 0 unspecified atom stereocenters. The Morgan fingerprint density at radius 2 is 1.58 bits per heavy atom. The Balaban J connectivity index is 1.67. The van der Waals surface area contributed by atoms with Gasteiger partial charge in [0.25, 0.3) is 11.8 Å². The highest BCUT2D eigenvalue weighted by Gasteiger charge is 2.38. The molecule has 0 N–H and O–H groups in total. The van der Waals surface area contributed by atoms with Gasteiger partial charge in [-0.05, 0) is 30.7 Å². The fraction of sp³-hybridized carbons (Fsp3) is 0.111. The monoisotopic (exact) mass is 384 g/mol. The molecular formula is C18H13ClN4O2S. The average Bonchev–Trinajstić information content (AvgIpc) is 3.12. The van der Waals surface area contributed by atoms with Gasteiger partial charge >= 0.3 is 0 Å². The molecule has 6 nitrogen and oxygen atoms in total. The first-order chi connectivity index (χ1) is 12.6. The van der Waals surface area contributed by atoms with Crippen LogP contribution in [0.4, 0.5) is 0 Å². The maximum atomic E-state index is 12.7. The Labute approximate surface area is 158 Å². The smallest absolute Gasteiger partial charge is 0.267 e. The molecule has 0 bridgehead atoms. The standard InChI is InChI=1S/C18H13ClN4O2S/c1-11-20-21-18(26-10-12-6-2-5-9-15(12)19)22(11)23-16(24)13-7-3-4-8-14(13)17(23)25/h2-9H,10H2,1H3. The van der Waals surface area contributed by atoms with Crippen LogP contribution in [0.1, 0.15) is 32.1 Å². The van der Waals surface area contributed by atoms with Crippen molar-refractivity contribution in [1.82, 2.24) is 14.9 Å². The third kappa shape index (κ3) is 2.69. The van der Waals surface area contributed by atoms with Crippen LogP contribution >= 0.6 is 23.4 Å². The number of nitrogens with zero attached hydrogens (tertiary/aromatic N) is 4. The van der Waals surface area contributed by atoms with Gasteiger partial charge < -0.3 is 0 Å². The van der Waals surface area contributed by atoms with Gasteiger partial charge in [0.1, 0.15) is 0 Å². The van der Waals surface area contributed by atoms with Crippen LogP contribution in [-0.2, 0) is 5.75 Å². The minimum Gasteiger partial charge on any atom is -0.267 e. The molecule has 0 saturated heterocycles. The molecule has 4 rings (SSSR count). The number of amides is 2. The number of imide groups is 1. The Morgan fingerprint density at radius 1 is 0.962 bits per heavy atom. The van der Waals surface area contributed by atoms with E-state index in [1.54, 1.807) is 31.2 Å². The van der Waals surface area contributed by atoms with Gasteiger partial charge in [-0.1, -0.05) is 53.7 Å². The van der Waals surface area contributed by atoms with Gasteiger partial charge in [0.15, 0.2) is 5.82 Å². The second-order valence-corrected chi connectivity index (χ2v) is 7.04. The van der Waals surface area contributed by atoms with Crippen molar-refractivity contribution in [2.45, 2.75) is 17.8 Å². The minimum atomic E-state index is -0.381. The van der Waals surface area contributed by atoms with Crippen LogP contribution in [0.3, 0.4) is 0 Å². The third-order valence-corrected chi connectivity index (χ3v) is 5.39. The number of thioether (sulfide) groups is 1. The van der Waals surface area contributed by atoms with E-state index in [-0.39, 0.29) is 11.8 Å². The molecule has 26 heavy (non-hydrogen) atoms. The summed E-state index contributed by atoms with van der Waals surface area (Å²) in [6.45, 7) is 1.70. The Hall–Kier alpha value is -2.64. The summed E-state index contributed by atoms with van der Waals surface area (Å²) in [6, 6.07) is 14.3. The van der Waals surface area contributed by atoms with E-state index in [0.29, 0.717) is 32.9 Å². The van der Waals surface area contributed by atoms with Gasteiger partial charge in [-0.25, -0.2) is 4.68 Å². The maximum Gasteiger partial charge on any atom is 0.281 e. The summed E-state index contributed by atoms with van der Waals surface area (Å²) in [5, 5.41) is 10.4. The van der Waals surface area contributed by atoms with Crippen molar-refractivity contribution < 1.29 is 9.59 Å². The van der Waals surface area contributed by atoms with Crippen molar-refractivity contribution in [3.63, 3.8) is 0 Å². The number of rotatable bonds is 4. The summed E-state index contributed by atoms with van der Waals surface area (Å²) in [6.07, 6.45) is 0. The summed E-state index contributed by atoms with van der Waals surface area (Å²) >= 11 is 7.56. The van der Waals surface area contributed by atoms with Crippen molar-refractivity contribution in [3.8, 4) is 0 Å². The van der Waals surface area contributed by atoms with Crippen molar-refractivity contribution in [3.05, 3.63) is 76.1 Å². The van der Waals surface area contributed by atoms with Crippen LogP contribution in [-0.4, -0.2) is 26.7 Å². The summed E-state index contributed by atoms with van der Waals surface area (Å²) in [5.74, 6) is 0.239. The molecule has 1 aliphatic heterocycles. The molecule has 3 aromatic rings. The van der Waals surface area contributed by atoms with Gasteiger partial charge in [-0.15, -0.1) is 10.2 Å². The number of aryl methyl sites for hydroxylation is 1. The molecule has 2 amide bonds. The van der Waals surface area contributed by atoms with Crippen molar-refractivity contribution >= 4 is 35.2 Å². The Bertz CT molecular complexity index is 999. The number of fused-ring (bicyclic) bond motifs is 1. The highest BCUT2D eigenvalue weighted by atomic mass is 35.5. The molecule has 0 radical (unpaired) electrons. The van der Waals surface area contributed by atoms with E-state index in [4.69, 9.17) is 11.6 Å². The molecule has 1 aliphatic rings. The SMILES string of the molecule is Cc1nnc(SCc2ccccc2Cl)n1N1C(=O)c2ccccc2C1=O. The molecule has 2 heterocycles. The minimum absolute atomic E-state index is 0.381. The first-order valence-electron chi connectivity index (χ1n) is 7.84. The molecule has 0 fully saturated rings. The molecule has 8 heteroatoms. The molecule has 0 spiro atoms. The van der Waals surface area contributed by atoms with Crippen molar-refractivity contribution in [2.24, 2.45) is 0 Å². The van der Waals surface area contributed by atoms with E-state index < -0.39 is 0 Å². The predicted molar refractivity (Wildman–Crippen MR) is 99.1 cm³/mol. The van der Waals surface area contributed by atoms with Gasteiger partial charge in [-0.3, -0.25) is 9.59 Å². The quantitative estimate of drug-likeness (QED) is 0.509. The third-order valence-electron chi connectivity index (χ3n) is 4.06. The predicted octanol–water partition coefficient (Wildman–Crippen LogP) is 3.46. The van der Waals surface area contributed by atoms with E-state index in [9.17, 15) is 9.59 Å². The fourth-order valence-corrected chi connectivity index (χ4v) is 4.03. The van der Waals surface area contributed by atoms with E-state index >= 15 is 0 Å². The number of hydrogen-bond acceptors (Lipinski definition) is 5.